The van der Waals surface area contributed by atoms with Gasteiger partial charge in [-0.15, -0.1) is 0 Å². The lowest BCUT2D eigenvalue weighted by atomic mass is 9.96. The molecule has 2 aromatic carbocycles. The normalized spacial score (nSPS) is 15.2. The maximum absolute atomic E-state index is 12.7. The van der Waals surface area contributed by atoms with Gasteiger partial charge >= 0.3 is 0 Å². The summed E-state index contributed by atoms with van der Waals surface area (Å²) in [6, 6.07) is 13.3. The molecule has 6 nitrogen and oxygen atoms in total. The summed E-state index contributed by atoms with van der Waals surface area (Å²) in [6.07, 6.45) is 5.04. The number of rotatable bonds is 8. The fourth-order valence-electron chi connectivity index (χ4n) is 3.46. The first-order valence-corrected chi connectivity index (χ1v) is 12.0. The van der Waals surface area contributed by atoms with Crippen LogP contribution in [-0.4, -0.2) is 27.0 Å². The highest BCUT2D eigenvalue weighted by molar-refractivity contribution is 7.89. The molecule has 0 bridgehead atoms. The smallest absolute Gasteiger partial charge is 0.259 e. The number of hydrogen-bond acceptors (Lipinski definition) is 4. The van der Waals surface area contributed by atoms with Gasteiger partial charge in [-0.05, 0) is 55.2 Å². The molecule has 0 unspecified atom stereocenters. The molecule has 2 N–H and O–H groups in total. The standard InChI is InChI=1S/C23H30N2O4S/c1-17(2)16-29-22-11-7-6-10-21(22)23(26)24-18-12-14-20(15-13-18)30(27,28)25-19-8-4-3-5-9-19/h6-7,10-15,17,19,25H,3-5,8-9,16H2,1-2H3,(H,24,26). The van der Waals surface area contributed by atoms with E-state index in [2.05, 4.69) is 10.0 Å². The Morgan fingerprint density at radius 3 is 2.37 bits per heavy atom. The summed E-state index contributed by atoms with van der Waals surface area (Å²) < 4.78 is 33.8. The van der Waals surface area contributed by atoms with E-state index < -0.39 is 10.0 Å². The summed E-state index contributed by atoms with van der Waals surface area (Å²) >= 11 is 0. The number of carbonyl (C=O) groups is 1. The lowest BCUT2D eigenvalue weighted by molar-refractivity contribution is 0.102. The molecule has 2 aromatic rings. The summed E-state index contributed by atoms with van der Waals surface area (Å²) in [6.45, 7) is 4.60. The van der Waals surface area contributed by atoms with Gasteiger partial charge in [-0.3, -0.25) is 4.79 Å². The molecule has 0 radical (unpaired) electrons. The molecule has 0 aromatic heterocycles. The number of ether oxygens (including phenoxy) is 1. The molecule has 3 rings (SSSR count). The second-order valence-corrected chi connectivity index (χ2v) is 9.85. The molecule has 7 heteroatoms. The molecular weight excluding hydrogens is 400 g/mol. The van der Waals surface area contributed by atoms with E-state index in [1.165, 1.54) is 12.1 Å². The number of carbonyl (C=O) groups excluding carboxylic acids is 1. The van der Waals surface area contributed by atoms with Crippen LogP contribution >= 0.6 is 0 Å². The number of anilines is 1. The first-order chi connectivity index (χ1) is 14.3. The third-order valence-electron chi connectivity index (χ3n) is 5.05. The number of sulfonamides is 1. The number of nitrogens with one attached hydrogen (secondary N) is 2. The molecule has 1 amide bonds. The Kier molecular flexibility index (Phi) is 7.50. The van der Waals surface area contributed by atoms with Gasteiger partial charge in [0.15, 0.2) is 0 Å². The molecule has 1 aliphatic rings. The molecule has 0 saturated heterocycles. The van der Waals surface area contributed by atoms with E-state index in [1.54, 1.807) is 30.3 Å². The quantitative estimate of drug-likeness (QED) is 0.642. The molecule has 1 fully saturated rings. The van der Waals surface area contributed by atoms with Crippen LogP contribution in [-0.2, 0) is 10.0 Å². The fourth-order valence-corrected chi connectivity index (χ4v) is 4.77. The van der Waals surface area contributed by atoms with E-state index in [4.69, 9.17) is 4.74 Å². The van der Waals surface area contributed by atoms with Crippen molar-refractivity contribution < 1.29 is 17.9 Å². The zero-order chi connectivity index (χ0) is 21.6. The zero-order valence-electron chi connectivity index (χ0n) is 17.6. The lowest BCUT2D eigenvalue weighted by Crippen LogP contribution is -2.36. The van der Waals surface area contributed by atoms with Crippen LogP contribution in [0, 0.1) is 5.92 Å². The van der Waals surface area contributed by atoms with Crippen molar-refractivity contribution in [2.45, 2.75) is 56.9 Å². The molecule has 0 aliphatic heterocycles. The largest absolute Gasteiger partial charge is 0.492 e. The second kappa shape index (κ2) is 10.1. The first-order valence-electron chi connectivity index (χ1n) is 10.5. The van der Waals surface area contributed by atoms with E-state index in [-0.39, 0.29) is 16.8 Å². The van der Waals surface area contributed by atoms with Crippen molar-refractivity contribution in [3.63, 3.8) is 0 Å². The minimum atomic E-state index is -3.56. The topological polar surface area (TPSA) is 84.5 Å². The number of benzene rings is 2. The Hall–Kier alpha value is -2.38. The van der Waals surface area contributed by atoms with Gasteiger partial charge in [-0.1, -0.05) is 45.2 Å². The molecule has 0 atom stereocenters. The van der Waals surface area contributed by atoms with Crippen molar-refractivity contribution in [1.82, 2.24) is 4.72 Å². The third-order valence-corrected chi connectivity index (χ3v) is 6.59. The van der Waals surface area contributed by atoms with Crippen LogP contribution in [0.2, 0.25) is 0 Å². The van der Waals surface area contributed by atoms with Crippen LogP contribution in [0.1, 0.15) is 56.3 Å². The number of para-hydroxylation sites is 1. The Bertz CT molecular complexity index is 949. The molecule has 0 spiro atoms. The Labute approximate surface area is 179 Å². The van der Waals surface area contributed by atoms with Gasteiger partial charge in [0.25, 0.3) is 5.91 Å². The monoisotopic (exact) mass is 430 g/mol. The molecule has 162 valence electrons. The summed E-state index contributed by atoms with van der Waals surface area (Å²) in [7, 11) is -3.56. The van der Waals surface area contributed by atoms with E-state index in [0.717, 1.165) is 32.1 Å². The van der Waals surface area contributed by atoms with Crippen LogP contribution < -0.4 is 14.8 Å². The average Bonchev–Trinajstić information content (AvgIpc) is 2.73. The minimum Gasteiger partial charge on any atom is -0.492 e. The van der Waals surface area contributed by atoms with Gasteiger partial charge in [-0.2, -0.15) is 0 Å². The van der Waals surface area contributed by atoms with Gasteiger partial charge in [0, 0.05) is 11.7 Å². The summed E-state index contributed by atoms with van der Waals surface area (Å²) in [5.41, 5.74) is 0.962. The summed E-state index contributed by atoms with van der Waals surface area (Å²) in [5.74, 6) is 0.572. The summed E-state index contributed by atoms with van der Waals surface area (Å²) in [5, 5.41) is 2.81. The van der Waals surface area contributed by atoms with E-state index in [9.17, 15) is 13.2 Å². The van der Waals surface area contributed by atoms with Crippen molar-refractivity contribution in [1.29, 1.82) is 0 Å². The van der Waals surface area contributed by atoms with E-state index in [0.29, 0.717) is 29.5 Å². The number of hydrogen-bond donors (Lipinski definition) is 2. The molecular formula is C23H30N2O4S. The van der Waals surface area contributed by atoms with Gasteiger partial charge in [0.2, 0.25) is 10.0 Å². The van der Waals surface area contributed by atoms with Crippen molar-refractivity contribution in [3.05, 3.63) is 54.1 Å². The maximum Gasteiger partial charge on any atom is 0.259 e. The van der Waals surface area contributed by atoms with Crippen molar-refractivity contribution >= 4 is 21.6 Å². The van der Waals surface area contributed by atoms with Crippen LogP contribution in [0.3, 0.4) is 0 Å². The maximum atomic E-state index is 12.7. The van der Waals surface area contributed by atoms with Crippen molar-refractivity contribution in [2.24, 2.45) is 5.92 Å². The van der Waals surface area contributed by atoms with Crippen LogP contribution in [0.5, 0.6) is 5.75 Å². The molecule has 30 heavy (non-hydrogen) atoms. The van der Waals surface area contributed by atoms with Gasteiger partial charge in [-0.25, -0.2) is 13.1 Å². The highest BCUT2D eigenvalue weighted by Crippen LogP contribution is 2.23. The number of amides is 1. The van der Waals surface area contributed by atoms with Crippen molar-refractivity contribution in [2.75, 3.05) is 11.9 Å². The average molecular weight is 431 g/mol. The molecule has 0 heterocycles. The van der Waals surface area contributed by atoms with Crippen LogP contribution in [0.4, 0.5) is 5.69 Å². The van der Waals surface area contributed by atoms with E-state index >= 15 is 0 Å². The predicted molar refractivity (Wildman–Crippen MR) is 118 cm³/mol. The van der Waals surface area contributed by atoms with E-state index in [1.807, 2.05) is 19.9 Å². The summed E-state index contributed by atoms with van der Waals surface area (Å²) in [4.78, 5) is 12.9. The minimum absolute atomic E-state index is 0.00506. The molecule has 1 saturated carbocycles. The van der Waals surface area contributed by atoms with Gasteiger partial charge < -0.3 is 10.1 Å². The lowest BCUT2D eigenvalue weighted by Gasteiger charge is -2.22. The molecule has 1 aliphatic carbocycles. The highest BCUT2D eigenvalue weighted by Gasteiger charge is 2.22. The zero-order valence-corrected chi connectivity index (χ0v) is 18.4. The van der Waals surface area contributed by atoms with Gasteiger partial charge in [0.05, 0.1) is 17.1 Å². The first kappa shape index (κ1) is 22.3. The Morgan fingerprint density at radius 1 is 1.03 bits per heavy atom. The third kappa shape index (κ3) is 6.06. The Balaban J connectivity index is 1.66. The Morgan fingerprint density at radius 2 is 1.70 bits per heavy atom. The van der Waals surface area contributed by atoms with Crippen molar-refractivity contribution in [3.8, 4) is 5.75 Å². The van der Waals surface area contributed by atoms with Crippen LogP contribution in [0.15, 0.2) is 53.4 Å². The van der Waals surface area contributed by atoms with Gasteiger partial charge in [0.1, 0.15) is 5.75 Å². The fraction of sp³-hybridized carbons (Fsp3) is 0.435. The highest BCUT2D eigenvalue weighted by atomic mass is 32.2. The second-order valence-electron chi connectivity index (χ2n) is 8.14. The van der Waals surface area contributed by atoms with Crippen LogP contribution in [0.25, 0.3) is 0 Å². The predicted octanol–water partition coefficient (Wildman–Crippen LogP) is 4.58. The SMILES string of the molecule is CC(C)COc1ccccc1C(=O)Nc1ccc(S(=O)(=O)NC2CCCCC2)cc1.